The first kappa shape index (κ1) is 18.5. The SMILES string of the molecule is CCNC(=NCCC(O)c1ccccc1)NCCC1=CCOCC1. The average molecular weight is 331 g/mol. The largest absolute Gasteiger partial charge is 0.388 e. The molecule has 0 aliphatic carbocycles. The number of hydrogen-bond donors (Lipinski definition) is 3. The number of aliphatic imine (C=N–C) groups is 1. The van der Waals surface area contributed by atoms with Crippen LogP contribution >= 0.6 is 0 Å². The van der Waals surface area contributed by atoms with Crippen molar-refractivity contribution in [3.63, 3.8) is 0 Å². The van der Waals surface area contributed by atoms with E-state index in [4.69, 9.17) is 4.74 Å². The van der Waals surface area contributed by atoms with Crippen LogP contribution in [0, 0.1) is 0 Å². The van der Waals surface area contributed by atoms with Crippen molar-refractivity contribution >= 4 is 5.96 Å². The molecule has 0 spiro atoms. The van der Waals surface area contributed by atoms with Gasteiger partial charge in [0.15, 0.2) is 5.96 Å². The van der Waals surface area contributed by atoms with E-state index in [1.54, 1.807) is 0 Å². The number of aliphatic hydroxyl groups excluding tert-OH is 1. The lowest BCUT2D eigenvalue weighted by atomic mass is 10.1. The summed E-state index contributed by atoms with van der Waals surface area (Å²) in [6, 6.07) is 9.73. The quantitative estimate of drug-likeness (QED) is 0.389. The molecule has 1 aromatic rings. The highest BCUT2D eigenvalue weighted by atomic mass is 16.5. The van der Waals surface area contributed by atoms with Gasteiger partial charge in [0.05, 0.1) is 19.3 Å². The minimum Gasteiger partial charge on any atom is -0.388 e. The lowest BCUT2D eigenvalue weighted by Gasteiger charge is -2.16. The highest BCUT2D eigenvalue weighted by molar-refractivity contribution is 5.79. The molecule has 0 amide bonds. The van der Waals surface area contributed by atoms with Gasteiger partial charge < -0.3 is 20.5 Å². The maximum Gasteiger partial charge on any atom is 0.191 e. The van der Waals surface area contributed by atoms with Crippen LogP contribution in [0.3, 0.4) is 0 Å². The van der Waals surface area contributed by atoms with Crippen LogP contribution in [0.25, 0.3) is 0 Å². The van der Waals surface area contributed by atoms with Gasteiger partial charge in [-0.3, -0.25) is 4.99 Å². The van der Waals surface area contributed by atoms with Crippen molar-refractivity contribution in [3.05, 3.63) is 47.5 Å². The Kier molecular flexibility index (Phi) is 8.35. The Morgan fingerprint density at radius 2 is 2.12 bits per heavy atom. The highest BCUT2D eigenvalue weighted by Crippen LogP contribution is 2.15. The summed E-state index contributed by atoms with van der Waals surface area (Å²) in [5.41, 5.74) is 2.39. The van der Waals surface area contributed by atoms with Crippen LogP contribution in [0.5, 0.6) is 0 Å². The monoisotopic (exact) mass is 331 g/mol. The molecule has 132 valence electrons. The number of nitrogens with zero attached hydrogens (tertiary/aromatic N) is 1. The van der Waals surface area contributed by atoms with Crippen LogP contribution < -0.4 is 10.6 Å². The van der Waals surface area contributed by atoms with E-state index in [1.807, 2.05) is 30.3 Å². The van der Waals surface area contributed by atoms with Gasteiger partial charge in [0.1, 0.15) is 0 Å². The van der Waals surface area contributed by atoms with E-state index in [1.165, 1.54) is 5.57 Å². The van der Waals surface area contributed by atoms with Gasteiger partial charge in [0, 0.05) is 19.6 Å². The second-order valence-corrected chi connectivity index (χ2v) is 5.84. The molecule has 3 N–H and O–H groups in total. The lowest BCUT2D eigenvalue weighted by Crippen LogP contribution is -2.38. The van der Waals surface area contributed by atoms with Gasteiger partial charge in [-0.1, -0.05) is 42.0 Å². The molecule has 5 nitrogen and oxygen atoms in total. The van der Waals surface area contributed by atoms with Gasteiger partial charge in [0.2, 0.25) is 0 Å². The van der Waals surface area contributed by atoms with Gasteiger partial charge in [-0.25, -0.2) is 0 Å². The molecule has 1 unspecified atom stereocenters. The zero-order chi connectivity index (χ0) is 17.0. The smallest absolute Gasteiger partial charge is 0.191 e. The van der Waals surface area contributed by atoms with Gasteiger partial charge in [0.25, 0.3) is 0 Å². The Morgan fingerprint density at radius 3 is 2.83 bits per heavy atom. The third-order valence-corrected chi connectivity index (χ3v) is 4.00. The van der Waals surface area contributed by atoms with E-state index in [0.29, 0.717) is 13.0 Å². The molecule has 0 radical (unpaired) electrons. The minimum absolute atomic E-state index is 0.467. The summed E-state index contributed by atoms with van der Waals surface area (Å²) in [6.07, 6.45) is 4.36. The lowest BCUT2D eigenvalue weighted by molar-refractivity contribution is 0.153. The van der Waals surface area contributed by atoms with Crippen LogP contribution in [-0.4, -0.2) is 43.9 Å². The summed E-state index contributed by atoms with van der Waals surface area (Å²) < 4.78 is 5.32. The molecule has 1 aliphatic heterocycles. The number of rotatable bonds is 8. The van der Waals surface area contributed by atoms with E-state index in [2.05, 4.69) is 28.6 Å². The molecular formula is C19H29N3O2. The standard InChI is InChI=1S/C19H29N3O2/c1-2-20-19(21-12-8-16-10-14-24-15-11-16)22-13-9-18(23)17-6-4-3-5-7-17/h3-7,10,18,23H,2,8-9,11-15H2,1H3,(H2,20,21,22). The van der Waals surface area contributed by atoms with Crippen LogP contribution in [-0.2, 0) is 4.74 Å². The van der Waals surface area contributed by atoms with Crippen LogP contribution in [0.2, 0.25) is 0 Å². The van der Waals surface area contributed by atoms with E-state index in [0.717, 1.165) is 50.7 Å². The van der Waals surface area contributed by atoms with Gasteiger partial charge in [-0.2, -0.15) is 0 Å². The first-order valence-electron chi connectivity index (χ1n) is 8.80. The Morgan fingerprint density at radius 1 is 1.29 bits per heavy atom. The molecule has 0 fully saturated rings. The maximum atomic E-state index is 10.2. The highest BCUT2D eigenvalue weighted by Gasteiger charge is 2.07. The van der Waals surface area contributed by atoms with E-state index in [-0.39, 0.29) is 0 Å². The van der Waals surface area contributed by atoms with Crippen molar-refractivity contribution in [2.45, 2.75) is 32.3 Å². The molecule has 0 saturated heterocycles. The molecule has 5 heteroatoms. The van der Waals surface area contributed by atoms with Gasteiger partial charge in [-0.15, -0.1) is 0 Å². The molecule has 0 aromatic heterocycles. The van der Waals surface area contributed by atoms with Crippen molar-refractivity contribution in [2.24, 2.45) is 4.99 Å². The molecule has 0 saturated carbocycles. The summed E-state index contributed by atoms with van der Waals surface area (Å²) in [5.74, 6) is 0.811. The summed E-state index contributed by atoms with van der Waals surface area (Å²) >= 11 is 0. The van der Waals surface area contributed by atoms with Crippen LogP contribution in [0.4, 0.5) is 0 Å². The van der Waals surface area contributed by atoms with Crippen LogP contribution in [0.1, 0.15) is 37.9 Å². The zero-order valence-electron chi connectivity index (χ0n) is 14.5. The third-order valence-electron chi connectivity index (χ3n) is 4.00. The van der Waals surface area contributed by atoms with E-state index < -0.39 is 6.10 Å². The second-order valence-electron chi connectivity index (χ2n) is 5.84. The van der Waals surface area contributed by atoms with Crippen LogP contribution in [0.15, 0.2) is 47.0 Å². The number of benzene rings is 1. The zero-order valence-corrected chi connectivity index (χ0v) is 14.5. The number of hydrogen-bond acceptors (Lipinski definition) is 3. The molecule has 24 heavy (non-hydrogen) atoms. The number of aliphatic hydroxyl groups is 1. The Bertz CT molecular complexity index is 529. The average Bonchev–Trinajstić information content (AvgIpc) is 2.63. The summed E-state index contributed by atoms with van der Waals surface area (Å²) in [6.45, 7) is 5.89. The molecule has 0 bridgehead atoms. The Hall–Kier alpha value is -1.85. The number of nitrogens with one attached hydrogen (secondary N) is 2. The molecule has 2 rings (SSSR count). The first-order chi connectivity index (χ1) is 11.8. The fourth-order valence-corrected chi connectivity index (χ4v) is 2.62. The molecule has 1 aromatic carbocycles. The minimum atomic E-state index is -0.467. The predicted octanol–water partition coefficient (Wildman–Crippen LogP) is 2.40. The molecule has 1 aliphatic rings. The fraction of sp³-hybridized carbons (Fsp3) is 0.526. The summed E-state index contributed by atoms with van der Waals surface area (Å²) in [7, 11) is 0. The normalized spacial score (nSPS) is 16.4. The van der Waals surface area contributed by atoms with E-state index in [9.17, 15) is 5.11 Å². The van der Waals surface area contributed by atoms with Crippen molar-refractivity contribution in [2.75, 3.05) is 32.8 Å². The Balaban J connectivity index is 1.74. The fourth-order valence-electron chi connectivity index (χ4n) is 2.62. The molecule has 1 atom stereocenters. The maximum absolute atomic E-state index is 10.2. The van der Waals surface area contributed by atoms with Crippen molar-refractivity contribution in [3.8, 4) is 0 Å². The predicted molar refractivity (Wildman–Crippen MR) is 98.1 cm³/mol. The second kappa shape index (κ2) is 10.8. The Labute approximate surface area is 144 Å². The number of guanidine groups is 1. The summed E-state index contributed by atoms with van der Waals surface area (Å²) in [5, 5.41) is 16.8. The van der Waals surface area contributed by atoms with Crippen molar-refractivity contribution < 1.29 is 9.84 Å². The topological polar surface area (TPSA) is 65.9 Å². The summed E-state index contributed by atoms with van der Waals surface area (Å²) in [4.78, 5) is 4.55. The third kappa shape index (κ3) is 6.72. The number of ether oxygens (including phenoxy) is 1. The van der Waals surface area contributed by atoms with E-state index >= 15 is 0 Å². The van der Waals surface area contributed by atoms with Gasteiger partial charge in [-0.05, 0) is 31.7 Å². The molecular weight excluding hydrogens is 302 g/mol. The van der Waals surface area contributed by atoms with Crippen molar-refractivity contribution in [1.29, 1.82) is 0 Å². The first-order valence-corrected chi connectivity index (χ1v) is 8.80. The molecule has 1 heterocycles. The van der Waals surface area contributed by atoms with Crippen molar-refractivity contribution in [1.82, 2.24) is 10.6 Å². The van der Waals surface area contributed by atoms with Gasteiger partial charge >= 0.3 is 0 Å².